The Morgan fingerprint density at radius 1 is 0.300 bits per heavy atom. The molecule has 5 nitrogen and oxygen atoms in total. The van der Waals surface area contributed by atoms with E-state index in [-0.39, 0.29) is 0 Å². The second-order valence-electron chi connectivity index (χ2n) is 12.4. The lowest BCUT2D eigenvalue weighted by Crippen LogP contribution is -2.00. The Labute approximate surface area is 287 Å². The highest BCUT2D eigenvalue weighted by Gasteiger charge is 2.18. The molecule has 0 saturated heterocycles. The molecule has 10 aromatic rings. The van der Waals surface area contributed by atoms with Crippen LogP contribution >= 0.6 is 0 Å². The molecule has 234 valence electrons. The maximum atomic E-state index is 6.21. The summed E-state index contributed by atoms with van der Waals surface area (Å²) in [6, 6.07) is 55.8. The van der Waals surface area contributed by atoms with Gasteiger partial charge in [0.2, 0.25) is 0 Å². The highest BCUT2D eigenvalue weighted by Crippen LogP contribution is 2.39. The van der Waals surface area contributed by atoms with E-state index in [1.807, 2.05) is 78.9 Å². The van der Waals surface area contributed by atoms with Gasteiger partial charge >= 0.3 is 0 Å². The van der Waals surface area contributed by atoms with Crippen molar-refractivity contribution in [2.75, 3.05) is 0 Å². The van der Waals surface area contributed by atoms with Gasteiger partial charge in [-0.3, -0.25) is 0 Å². The van der Waals surface area contributed by atoms with Crippen LogP contribution in [-0.4, -0.2) is 15.0 Å². The van der Waals surface area contributed by atoms with E-state index in [1.54, 1.807) is 0 Å². The lowest BCUT2D eigenvalue weighted by molar-refractivity contribution is 0.668. The Balaban J connectivity index is 1.08. The molecular weight excluding hydrogens is 615 g/mol. The first kappa shape index (κ1) is 28.2. The van der Waals surface area contributed by atoms with Gasteiger partial charge in [0.25, 0.3) is 0 Å². The monoisotopic (exact) mass is 641 g/mol. The molecule has 3 aromatic heterocycles. The summed E-state index contributed by atoms with van der Waals surface area (Å²) in [5, 5.41) is 4.28. The smallest absolute Gasteiger partial charge is 0.164 e. The number of aromatic nitrogens is 3. The molecule has 5 heteroatoms. The SMILES string of the molecule is c1ccc(-c2nc(-c3cccc(-c4ccc(-c5cccc6oc7ccccc7c56)cc4)c3)nc(-c3cccc4oc5ccccc5c34)n2)cc1. The largest absolute Gasteiger partial charge is 0.456 e. The van der Waals surface area contributed by atoms with Crippen LogP contribution in [0.2, 0.25) is 0 Å². The Kier molecular flexibility index (Phi) is 6.42. The molecule has 0 unspecified atom stereocenters. The van der Waals surface area contributed by atoms with E-state index < -0.39 is 0 Å². The second-order valence-corrected chi connectivity index (χ2v) is 12.4. The van der Waals surface area contributed by atoms with Crippen molar-refractivity contribution < 1.29 is 8.83 Å². The van der Waals surface area contributed by atoms with Gasteiger partial charge in [-0.2, -0.15) is 0 Å². The van der Waals surface area contributed by atoms with Crippen molar-refractivity contribution in [1.29, 1.82) is 0 Å². The van der Waals surface area contributed by atoms with Crippen molar-refractivity contribution >= 4 is 43.9 Å². The molecule has 0 aliphatic rings. The average Bonchev–Trinajstić information content (AvgIpc) is 3.77. The van der Waals surface area contributed by atoms with Crippen LogP contribution < -0.4 is 0 Å². The van der Waals surface area contributed by atoms with E-state index in [9.17, 15) is 0 Å². The summed E-state index contributed by atoms with van der Waals surface area (Å²) in [6.07, 6.45) is 0. The molecule has 0 aliphatic carbocycles. The molecule has 0 N–H and O–H groups in total. The van der Waals surface area contributed by atoms with Crippen molar-refractivity contribution in [1.82, 2.24) is 15.0 Å². The Morgan fingerprint density at radius 2 is 0.780 bits per heavy atom. The predicted octanol–water partition coefficient (Wildman–Crippen LogP) is 12.0. The molecular formula is C45H27N3O2. The van der Waals surface area contributed by atoms with Crippen LogP contribution in [0.5, 0.6) is 0 Å². The van der Waals surface area contributed by atoms with Crippen LogP contribution in [0.15, 0.2) is 173 Å². The van der Waals surface area contributed by atoms with Crippen LogP contribution in [0.1, 0.15) is 0 Å². The number of rotatable bonds is 5. The molecule has 0 amide bonds. The summed E-state index contributed by atoms with van der Waals surface area (Å²) >= 11 is 0. The van der Waals surface area contributed by atoms with Gasteiger partial charge in [0.15, 0.2) is 17.5 Å². The van der Waals surface area contributed by atoms with Gasteiger partial charge < -0.3 is 8.83 Å². The zero-order valence-corrected chi connectivity index (χ0v) is 26.7. The number of fused-ring (bicyclic) bond motifs is 6. The highest BCUT2D eigenvalue weighted by atomic mass is 16.3. The third kappa shape index (κ3) is 4.67. The normalized spacial score (nSPS) is 11.6. The van der Waals surface area contributed by atoms with E-state index in [4.69, 9.17) is 23.8 Å². The molecule has 10 rings (SSSR count). The zero-order valence-electron chi connectivity index (χ0n) is 26.7. The molecule has 0 spiro atoms. The quantitative estimate of drug-likeness (QED) is 0.187. The zero-order chi connectivity index (χ0) is 33.0. The molecule has 0 fully saturated rings. The van der Waals surface area contributed by atoms with Crippen molar-refractivity contribution in [2.45, 2.75) is 0 Å². The summed E-state index contributed by atoms with van der Waals surface area (Å²) in [6.45, 7) is 0. The van der Waals surface area contributed by atoms with Crippen molar-refractivity contribution in [3.63, 3.8) is 0 Å². The second kappa shape index (κ2) is 11.4. The number of furan rings is 2. The first-order valence-electron chi connectivity index (χ1n) is 16.6. The highest BCUT2D eigenvalue weighted by molar-refractivity contribution is 6.13. The number of benzene rings is 7. The molecule has 50 heavy (non-hydrogen) atoms. The van der Waals surface area contributed by atoms with Crippen molar-refractivity contribution in [3.8, 4) is 56.4 Å². The lowest BCUT2D eigenvalue weighted by atomic mass is 9.96. The molecule has 0 bridgehead atoms. The van der Waals surface area contributed by atoms with Gasteiger partial charge in [-0.05, 0) is 52.6 Å². The first-order valence-corrected chi connectivity index (χ1v) is 16.6. The van der Waals surface area contributed by atoms with Crippen molar-refractivity contribution in [2.24, 2.45) is 0 Å². The fourth-order valence-electron chi connectivity index (χ4n) is 7.00. The summed E-state index contributed by atoms with van der Waals surface area (Å²) in [7, 11) is 0. The Morgan fingerprint density at radius 3 is 1.48 bits per heavy atom. The van der Waals surface area contributed by atoms with Gasteiger partial charge in [0.05, 0.1) is 0 Å². The number of nitrogens with zero attached hydrogens (tertiary/aromatic N) is 3. The Bertz CT molecular complexity index is 2870. The number of hydrogen-bond acceptors (Lipinski definition) is 5. The molecule has 0 atom stereocenters. The third-order valence-electron chi connectivity index (χ3n) is 9.36. The van der Waals surface area contributed by atoms with E-state index in [2.05, 4.69) is 84.9 Å². The molecule has 7 aromatic carbocycles. The van der Waals surface area contributed by atoms with Gasteiger partial charge in [0, 0.05) is 38.2 Å². The standard InChI is InChI=1S/C45H27N3O2/c1-2-11-30(12-3-1)43-46-44(48-45(47-43)36-18-10-22-40-42(36)35-16-5-7-20-38(35)50-40)32-14-8-13-31(27-32)28-23-25-29(26-24-28)33-17-9-21-39-41(33)34-15-4-6-19-37(34)49-39/h1-27H. The number of hydrogen-bond donors (Lipinski definition) is 0. The van der Waals surface area contributed by atoms with Gasteiger partial charge in [-0.15, -0.1) is 0 Å². The lowest BCUT2D eigenvalue weighted by Gasteiger charge is -2.11. The number of para-hydroxylation sites is 2. The molecule has 0 radical (unpaired) electrons. The average molecular weight is 642 g/mol. The minimum absolute atomic E-state index is 0.599. The van der Waals surface area contributed by atoms with E-state index in [1.165, 1.54) is 0 Å². The summed E-state index contributed by atoms with van der Waals surface area (Å²) in [4.78, 5) is 15.1. The van der Waals surface area contributed by atoms with Crippen LogP contribution in [0.25, 0.3) is 100 Å². The van der Waals surface area contributed by atoms with Gasteiger partial charge in [-0.25, -0.2) is 15.0 Å². The molecule has 3 heterocycles. The Hall–Kier alpha value is -6.85. The van der Waals surface area contributed by atoms with E-state index >= 15 is 0 Å². The van der Waals surface area contributed by atoms with Crippen LogP contribution in [0.3, 0.4) is 0 Å². The maximum absolute atomic E-state index is 6.21. The fraction of sp³-hybridized carbons (Fsp3) is 0. The first-order chi connectivity index (χ1) is 24.8. The van der Waals surface area contributed by atoms with Crippen LogP contribution in [0.4, 0.5) is 0 Å². The van der Waals surface area contributed by atoms with Gasteiger partial charge in [-0.1, -0.05) is 133 Å². The minimum atomic E-state index is 0.599. The van der Waals surface area contributed by atoms with E-state index in [0.717, 1.165) is 82.8 Å². The topological polar surface area (TPSA) is 65.0 Å². The van der Waals surface area contributed by atoms with Gasteiger partial charge in [0.1, 0.15) is 22.3 Å². The van der Waals surface area contributed by atoms with E-state index in [0.29, 0.717) is 17.5 Å². The minimum Gasteiger partial charge on any atom is -0.456 e. The van der Waals surface area contributed by atoms with Crippen LogP contribution in [-0.2, 0) is 0 Å². The summed E-state index contributed by atoms with van der Waals surface area (Å²) < 4.78 is 12.4. The van der Waals surface area contributed by atoms with Crippen LogP contribution in [0, 0.1) is 0 Å². The van der Waals surface area contributed by atoms with Crippen molar-refractivity contribution in [3.05, 3.63) is 164 Å². The summed E-state index contributed by atoms with van der Waals surface area (Å²) in [5.41, 5.74) is 10.6. The molecule has 0 aliphatic heterocycles. The molecule has 0 saturated carbocycles. The fourth-order valence-corrected chi connectivity index (χ4v) is 7.00. The third-order valence-corrected chi connectivity index (χ3v) is 9.36. The maximum Gasteiger partial charge on any atom is 0.164 e. The predicted molar refractivity (Wildman–Crippen MR) is 202 cm³/mol. The summed E-state index contributed by atoms with van der Waals surface area (Å²) in [5.74, 6) is 1.82.